The van der Waals surface area contributed by atoms with Crippen molar-refractivity contribution in [3.05, 3.63) is 65.2 Å². The quantitative estimate of drug-likeness (QED) is 0.823. The summed E-state index contributed by atoms with van der Waals surface area (Å²) >= 11 is 6.07. The molecule has 2 atom stereocenters. The van der Waals surface area contributed by atoms with Gasteiger partial charge in [0.2, 0.25) is 0 Å². The molecule has 122 valence electrons. The van der Waals surface area contributed by atoms with Crippen LogP contribution >= 0.6 is 11.6 Å². The fourth-order valence-corrected chi connectivity index (χ4v) is 2.69. The first-order valence-electron chi connectivity index (χ1n) is 7.42. The van der Waals surface area contributed by atoms with Crippen LogP contribution in [0.3, 0.4) is 0 Å². The molecule has 4 nitrogen and oxygen atoms in total. The standard InChI is InChI=1S/C18H20ClNO3/c1-3-23-18(22)17(21)16(13-8-7-9-14(19)12-13)20(2)15-10-5-4-6-11-15/h4-12,16-17,21H,3H2,1-2H3. The Balaban J connectivity index is 2.40. The number of rotatable bonds is 6. The third-order valence-electron chi connectivity index (χ3n) is 3.60. The number of aliphatic hydroxyl groups is 1. The van der Waals surface area contributed by atoms with Crippen molar-refractivity contribution in [2.75, 3.05) is 18.6 Å². The first kappa shape index (κ1) is 17.3. The highest BCUT2D eigenvalue weighted by Gasteiger charge is 2.32. The van der Waals surface area contributed by atoms with E-state index < -0.39 is 18.1 Å². The molecule has 0 saturated carbocycles. The van der Waals surface area contributed by atoms with Gasteiger partial charge < -0.3 is 14.7 Å². The maximum Gasteiger partial charge on any atom is 0.337 e. The Bertz CT molecular complexity index is 648. The van der Waals surface area contributed by atoms with E-state index in [9.17, 15) is 9.90 Å². The molecule has 0 spiro atoms. The molecule has 0 heterocycles. The Morgan fingerprint density at radius 1 is 1.22 bits per heavy atom. The largest absolute Gasteiger partial charge is 0.464 e. The number of esters is 1. The van der Waals surface area contributed by atoms with E-state index in [1.54, 1.807) is 25.1 Å². The lowest BCUT2D eigenvalue weighted by atomic mass is 9.99. The minimum absolute atomic E-state index is 0.215. The van der Waals surface area contributed by atoms with Gasteiger partial charge in [0.25, 0.3) is 0 Å². The molecule has 2 unspecified atom stereocenters. The minimum atomic E-state index is -1.32. The summed E-state index contributed by atoms with van der Waals surface area (Å²) in [5.41, 5.74) is 1.62. The van der Waals surface area contributed by atoms with Gasteiger partial charge >= 0.3 is 5.97 Å². The van der Waals surface area contributed by atoms with E-state index in [1.807, 2.05) is 48.3 Å². The molecule has 1 N–H and O–H groups in total. The molecule has 0 aliphatic rings. The summed E-state index contributed by atoms with van der Waals surface area (Å²) in [4.78, 5) is 13.9. The van der Waals surface area contributed by atoms with Crippen LogP contribution in [0.5, 0.6) is 0 Å². The molecule has 0 radical (unpaired) electrons. The summed E-state index contributed by atoms with van der Waals surface area (Å²) in [6.45, 7) is 1.92. The summed E-state index contributed by atoms with van der Waals surface area (Å²) in [7, 11) is 1.82. The van der Waals surface area contributed by atoms with E-state index in [-0.39, 0.29) is 6.61 Å². The fourth-order valence-electron chi connectivity index (χ4n) is 2.49. The number of carbonyl (C=O) groups excluding carboxylic acids is 1. The van der Waals surface area contributed by atoms with Crippen LogP contribution in [0.1, 0.15) is 18.5 Å². The van der Waals surface area contributed by atoms with Crippen LogP contribution in [-0.2, 0) is 9.53 Å². The van der Waals surface area contributed by atoms with Crippen LogP contribution in [0.4, 0.5) is 5.69 Å². The predicted molar refractivity (Wildman–Crippen MR) is 91.7 cm³/mol. The number of likely N-dealkylation sites (N-methyl/N-ethyl adjacent to an activating group) is 1. The van der Waals surface area contributed by atoms with E-state index >= 15 is 0 Å². The molecule has 2 rings (SSSR count). The summed E-state index contributed by atoms with van der Waals surface area (Å²) in [5.74, 6) is -0.653. The zero-order chi connectivity index (χ0) is 16.8. The maximum atomic E-state index is 12.0. The zero-order valence-corrected chi connectivity index (χ0v) is 13.9. The van der Waals surface area contributed by atoms with Gasteiger partial charge in [-0.2, -0.15) is 0 Å². The molecule has 0 aromatic heterocycles. The molecule has 0 bridgehead atoms. The van der Waals surface area contributed by atoms with E-state index in [4.69, 9.17) is 16.3 Å². The van der Waals surface area contributed by atoms with Crippen LogP contribution < -0.4 is 4.90 Å². The lowest BCUT2D eigenvalue weighted by Crippen LogP contribution is -2.39. The number of halogens is 1. The highest BCUT2D eigenvalue weighted by Crippen LogP contribution is 2.30. The van der Waals surface area contributed by atoms with Gasteiger partial charge in [-0.25, -0.2) is 4.79 Å². The van der Waals surface area contributed by atoms with Crippen LogP contribution in [0.2, 0.25) is 5.02 Å². The molecule has 0 saturated heterocycles. The second-order valence-electron chi connectivity index (χ2n) is 5.14. The second-order valence-corrected chi connectivity index (χ2v) is 5.58. The van der Waals surface area contributed by atoms with E-state index in [2.05, 4.69) is 0 Å². The number of hydrogen-bond acceptors (Lipinski definition) is 4. The molecular weight excluding hydrogens is 314 g/mol. The highest BCUT2D eigenvalue weighted by atomic mass is 35.5. The van der Waals surface area contributed by atoms with Crippen molar-refractivity contribution in [1.29, 1.82) is 0 Å². The minimum Gasteiger partial charge on any atom is -0.464 e. The molecule has 0 amide bonds. The highest BCUT2D eigenvalue weighted by molar-refractivity contribution is 6.30. The molecule has 0 aliphatic heterocycles. The SMILES string of the molecule is CCOC(=O)C(O)C(c1cccc(Cl)c1)N(C)c1ccccc1. The van der Waals surface area contributed by atoms with Gasteiger partial charge in [-0.3, -0.25) is 0 Å². The first-order valence-corrected chi connectivity index (χ1v) is 7.80. The number of anilines is 1. The van der Waals surface area contributed by atoms with Gasteiger partial charge in [-0.1, -0.05) is 41.9 Å². The number of nitrogens with zero attached hydrogens (tertiary/aromatic N) is 1. The number of hydrogen-bond donors (Lipinski definition) is 1. The van der Waals surface area contributed by atoms with Crippen molar-refractivity contribution in [2.45, 2.75) is 19.1 Å². The molecule has 0 fully saturated rings. The summed E-state index contributed by atoms with van der Waals surface area (Å²) in [6.07, 6.45) is -1.32. The first-order chi connectivity index (χ1) is 11.0. The Morgan fingerprint density at radius 3 is 2.52 bits per heavy atom. The smallest absolute Gasteiger partial charge is 0.337 e. The molecule has 5 heteroatoms. The van der Waals surface area contributed by atoms with Gasteiger partial charge in [0.15, 0.2) is 6.10 Å². The van der Waals surface area contributed by atoms with Crippen LogP contribution in [0.15, 0.2) is 54.6 Å². The third-order valence-corrected chi connectivity index (χ3v) is 3.83. The Labute approximate surface area is 141 Å². The average molecular weight is 334 g/mol. The van der Waals surface area contributed by atoms with Crippen molar-refractivity contribution >= 4 is 23.3 Å². The normalized spacial score (nSPS) is 13.2. The van der Waals surface area contributed by atoms with Gasteiger partial charge in [-0.05, 0) is 36.8 Å². The van der Waals surface area contributed by atoms with E-state index in [1.165, 1.54) is 0 Å². The Kier molecular flexibility index (Phi) is 6.02. The van der Waals surface area contributed by atoms with Gasteiger partial charge in [-0.15, -0.1) is 0 Å². The van der Waals surface area contributed by atoms with Gasteiger partial charge in [0, 0.05) is 17.8 Å². The van der Waals surface area contributed by atoms with Gasteiger partial charge in [0.05, 0.1) is 12.6 Å². The number of benzene rings is 2. The topological polar surface area (TPSA) is 49.8 Å². The van der Waals surface area contributed by atoms with Crippen molar-refractivity contribution in [2.24, 2.45) is 0 Å². The third kappa shape index (κ3) is 4.24. The fraction of sp³-hybridized carbons (Fsp3) is 0.278. The van der Waals surface area contributed by atoms with Crippen molar-refractivity contribution in [3.8, 4) is 0 Å². The van der Waals surface area contributed by atoms with E-state index in [0.717, 1.165) is 11.3 Å². The summed E-state index contributed by atoms with van der Waals surface area (Å²) < 4.78 is 4.97. The average Bonchev–Trinajstić information content (AvgIpc) is 2.56. The molecular formula is C18H20ClNO3. The van der Waals surface area contributed by atoms with Crippen molar-refractivity contribution in [3.63, 3.8) is 0 Å². The predicted octanol–water partition coefficient (Wildman–Crippen LogP) is 3.44. The van der Waals surface area contributed by atoms with Crippen molar-refractivity contribution < 1.29 is 14.6 Å². The van der Waals surface area contributed by atoms with Crippen LogP contribution in [-0.4, -0.2) is 30.8 Å². The van der Waals surface area contributed by atoms with Crippen LogP contribution in [0.25, 0.3) is 0 Å². The zero-order valence-electron chi connectivity index (χ0n) is 13.1. The Morgan fingerprint density at radius 2 is 1.91 bits per heavy atom. The monoisotopic (exact) mass is 333 g/mol. The molecule has 2 aromatic rings. The molecule has 2 aromatic carbocycles. The Hall–Kier alpha value is -2.04. The lowest BCUT2D eigenvalue weighted by Gasteiger charge is -2.33. The van der Waals surface area contributed by atoms with Crippen LogP contribution in [0, 0.1) is 0 Å². The lowest BCUT2D eigenvalue weighted by molar-refractivity contribution is -0.154. The maximum absolute atomic E-state index is 12.0. The molecule has 0 aliphatic carbocycles. The summed E-state index contributed by atoms with van der Waals surface area (Å²) in [6, 6.07) is 16.1. The summed E-state index contributed by atoms with van der Waals surface area (Å²) in [5, 5.41) is 11.1. The number of ether oxygens (including phenoxy) is 1. The number of aliphatic hydroxyl groups excluding tert-OH is 1. The van der Waals surface area contributed by atoms with E-state index in [0.29, 0.717) is 5.02 Å². The second kappa shape index (κ2) is 7.99. The number of para-hydroxylation sites is 1. The molecule has 23 heavy (non-hydrogen) atoms. The number of carbonyl (C=O) groups is 1. The van der Waals surface area contributed by atoms with Crippen molar-refractivity contribution in [1.82, 2.24) is 0 Å². The van der Waals surface area contributed by atoms with Gasteiger partial charge in [0.1, 0.15) is 0 Å².